The zero-order chi connectivity index (χ0) is 15.2. The number of hydrogen-bond donors (Lipinski definition) is 2. The van der Waals surface area contributed by atoms with Gasteiger partial charge in [0.05, 0.1) is 13.2 Å². The summed E-state index contributed by atoms with van der Waals surface area (Å²) >= 11 is 0. The molecule has 0 saturated carbocycles. The Kier molecular flexibility index (Phi) is 6.13. The maximum atomic E-state index is 11.8. The first-order valence-electron chi connectivity index (χ1n) is 6.53. The highest BCUT2D eigenvalue weighted by atomic mass is 16.5. The van der Waals surface area contributed by atoms with Crippen LogP contribution in [0.3, 0.4) is 0 Å². The molecule has 0 spiro atoms. The van der Waals surface area contributed by atoms with Crippen molar-refractivity contribution in [1.82, 2.24) is 4.90 Å². The lowest BCUT2D eigenvalue weighted by Crippen LogP contribution is -2.36. The molecule has 0 fully saturated rings. The molecule has 0 aromatic heterocycles. The fourth-order valence-electron chi connectivity index (χ4n) is 1.61. The van der Waals surface area contributed by atoms with E-state index in [1.165, 1.54) is 12.5 Å². The highest BCUT2D eigenvalue weighted by Gasteiger charge is 2.33. The minimum absolute atomic E-state index is 0.136. The number of carbonyl (C=O) groups is 1. The van der Waals surface area contributed by atoms with Gasteiger partial charge in [0.1, 0.15) is 12.0 Å². The summed E-state index contributed by atoms with van der Waals surface area (Å²) in [5.74, 6) is -0.597. The Labute approximate surface area is 119 Å². The summed E-state index contributed by atoms with van der Waals surface area (Å²) in [6, 6.07) is 7.78. The highest BCUT2D eigenvalue weighted by Crippen LogP contribution is 2.17. The van der Waals surface area contributed by atoms with Crippen molar-refractivity contribution in [3.05, 3.63) is 35.4 Å². The molecule has 5 heteroatoms. The zero-order valence-electron chi connectivity index (χ0n) is 12.3. The first kappa shape index (κ1) is 16.6. The largest absolute Gasteiger partial charge is 0.460 e. The van der Waals surface area contributed by atoms with E-state index in [-0.39, 0.29) is 6.61 Å². The molecule has 0 atom stereocenters. The van der Waals surface area contributed by atoms with E-state index < -0.39 is 24.6 Å². The van der Waals surface area contributed by atoms with E-state index in [4.69, 9.17) is 14.9 Å². The Hall–Kier alpha value is -1.43. The second-order valence-electron chi connectivity index (χ2n) is 5.51. The molecule has 1 rings (SSSR count). The molecule has 0 amide bonds. The van der Waals surface area contributed by atoms with Crippen LogP contribution in [0.1, 0.15) is 18.1 Å². The number of aliphatic hydroxyl groups is 2. The summed E-state index contributed by atoms with van der Waals surface area (Å²) in [6.45, 7) is 1.58. The molecule has 0 bridgehead atoms. The van der Waals surface area contributed by atoms with E-state index in [0.717, 1.165) is 12.1 Å². The molecule has 0 saturated heterocycles. The number of esters is 1. The number of hydrogen-bond acceptors (Lipinski definition) is 5. The Bertz CT molecular complexity index is 424. The summed E-state index contributed by atoms with van der Waals surface area (Å²) in [7, 11) is 4.00. The molecule has 1 aromatic rings. The lowest BCUT2D eigenvalue weighted by atomic mass is 9.93. The number of nitrogens with zero attached hydrogens (tertiary/aromatic N) is 1. The number of aliphatic hydroxyl groups excluding tert-OH is 2. The van der Waals surface area contributed by atoms with E-state index in [0.29, 0.717) is 0 Å². The van der Waals surface area contributed by atoms with Crippen LogP contribution >= 0.6 is 0 Å². The van der Waals surface area contributed by atoms with Crippen molar-refractivity contribution < 1.29 is 19.7 Å². The molecular weight excluding hydrogens is 258 g/mol. The Morgan fingerprint density at radius 2 is 1.65 bits per heavy atom. The van der Waals surface area contributed by atoms with Gasteiger partial charge in [-0.1, -0.05) is 24.3 Å². The fourth-order valence-corrected chi connectivity index (χ4v) is 1.61. The first-order chi connectivity index (χ1) is 9.41. The molecule has 20 heavy (non-hydrogen) atoms. The molecule has 0 heterocycles. The topological polar surface area (TPSA) is 70.0 Å². The minimum atomic E-state index is -1.25. The summed E-state index contributed by atoms with van der Waals surface area (Å²) in [5.41, 5.74) is 0.810. The lowest BCUT2D eigenvalue weighted by Gasteiger charge is -2.22. The van der Waals surface area contributed by atoms with Crippen LogP contribution in [0.5, 0.6) is 0 Å². The maximum absolute atomic E-state index is 11.8. The van der Waals surface area contributed by atoms with Gasteiger partial charge in [-0.05, 0) is 32.1 Å². The third-order valence-electron chi connectivity index (χ3n) is 3.08. The van der Waals surface area contributed by atoms with Crippen molar-refractivity contribution in [1.29, 1.82) is 0 Å². The van der Waals surface area contributed by atoms with Gasteiger partial charge in [0, 0.05) is 6.54 Å². The molecule has 0 aliphatic rings. The molecule has 5 nitrogen and oxygen atoms in total. The zero-order valence-corrected chi connectivity index (χ0v) is 12.3. The smallest absolute Gasteiger partial charge is 0.316 e. The highest BCUT2D eigenvalue weighted by molar-refractivity contribution is 5.76. The normalized spacial score (nSPS) is 11.7. The van der Waals surface area contributed by atoms with Crippen LogP contribution in [0.15, 0.2) is 24.3 Å². The summed E-state index contributed by atoms with van der Waals surface area (Å²) in [4.78, 5) is 13.8. The minimum Gasteiger partial charge on any atom is -0.460 e. The molecule has 0 radical (unpaired) electrons. The van der Waals surface area contributed by atoms with Gasteiger partial charge in [0.25, 0.3) is 0 Å². The Morgan fingerprint density at radius 1 is 1.15 bits per heavy atom. The average Bonchev–Trinajstić information content (AvgIpc) is 2.44. The van der Waals surface area contributed by atoms with Crippen molar-refractivity contribution in [2.24, 2.45) is 5.41 Å². The van der Waals surface area contributed by atoms with Crippen LogP contribution < -0.4 is 0 Å². The average molecular weight is 281 g/mol. The van der Waals surface area contributed by atoms with Gasteiger partial charge in [0.15, 0.2) is 0 Å². The van der Waals surface area contributed by atoms with Crippen molar-refractivity contribution in [3.63, 3.8) is 0 Å². The molecule has 0 unspecified atom stereocenters. The summed E-state index contributed by atoms with van der Waals surface area (Å²) in [6.07, 6.45) is 0. The monoisotopic (exact) mass is 281 g/mol. The van der Waals surface area contributed by atoms with Gasteiger partial charge >= 0.3 is 5.97 Å². The van der Waals surface area contributed by atoms with Gasteiger partial charge in [-0.25, -0.2) is 0 Å². The van der Waals surface area contributed by atoms with E-state index in [1.807, 2.05) is 38.4 Å². The Morgan fingerprint density at radius 3 is 2.10 bits per heavy atom. The van der Waals surface area contributed by atoms with Crippen molar-refractivity contribution in [2.45, 2.75) is 20.1 Å². The number of carbonyl (C=O) groups excluding carboxylic acids is 1. The second-order valence-corrected chi connectivity index (χ2v) is 5.51. The first-order valence-corrected chi connectivity index (χ1v) is 6.53. The van der Waals surface area contributed by atoms with E-state index in [9.17, 15) is 4.79 Å². The molecule has 2 N–H and O–H groups in total. The van der Waals surface area contributed by atoms with E-state index >= 15 is 0 Å². The molecule has 112 valence electrons. The number of ether oxygens (including phenoxy) is 1. The van der Waals surface area contributed by atoms with E-state index in [1.54, 1.807) is 0 Å². The van der Waals surface area contributed by atoms with Crippen LogP contribution in [-0.2, 0) is 22.7 Å². The molecule has 0 aliphatic heterocycles. The van der Waals surface area contributed by atoms with E-state index in [2.05, 4.69) is 4.90 Å². The predicted molar refractivity (Wildman–Crippen MR) is 75.9 cm³/mol. The van der Waals surface area contributed by atoms with Gasteiger partial charge in [-0.2, -0.15) is 0 Å². The van der Waals surface area contributed by atoms with Crippen molar-refractivity contribution >= 4 is 5.97 Å². The van der Waals surface area contributed by atoms with Crippen molar-refractivity contribution in [2.75, 3.05) is 27.3 Å². The maximum Gasteiger partial charge on any atom is 0.316 e. The number of benzene rings is 1. The third kappa shape index (κ3) is 4.59. The lowest BCUT2D eigenvalue weighted by molar-refractivity contribution is -0.161. The van der Waals surface area contributed by atoms with Gasteiger partial charge in [0.2, 0.25) is 0 Å². The Balaban J connectivity index is 2.56. The van der Waals surface area contributed by atoms with Gasteiger partial charge < -0.3 is 19.8 Å². The molecule has 1 aromatic carbocycles. The van der Waals surface area contributed by atoms with Crippen LogP contribution in [0.4, 0.5) is 0 Å². The number of rotatable bonds is 7. The summed E-state index contributed by atoms with van der Waals surface area (Å²) in [5, 5.41) is 18.2. The standard InChI is InChI=1S/C15H23NO4/c1-15(10-17,11-18)14(19)20-9-13-6-4-12(5-7-13)8-16(2)3/h4-7,17-18H,8-11H2,1-3H3. The third-order valence-corrected chi connectivity index (χ3v) is 3.08. The quantitative estimate of drug-likeness (QED) is 0.723. The van der Waals surface area contributed by atoms with Crippen LogP contribution in [0.2, 0.25) is 0 Å². The SMILES string of the molecule is CN(C)Cc1ccc(COC(=O)C(C)(CO)CO)cc1. The molecule has 0 aliphatic carbocycles. The van der Waals surface area contributed by atoms with Gasteiger partial charge in [-0.15, -0.1) is 0 Å². The fraction of sp³-hybridized carbons (Fsp3) is 0.533. The van der Waals surface area contributed by atoms with Crippen LogP contribution in [0.25, 0.3) is 0 Å². The summed E-state index contributed by atoms with van der Waals surface area (Å²) < 4.78 is 5.13. The predicted octanol–water partition coefficient (Wildman–Crippen LogP) is 0.782. The second kappa shape index (κ2) is 7.38. The van der Waals surface area contributed by atoms with Crippen LogP contribution in [0, 0.1) is 5.41 Å². The van der Waals surface area contributed by atoms with Crippen molar-refractivity contribution in [3.8, 4) is 0 Å². The van der Waals surface area contributed by atoms with Gasteiger partial charge in [-0.3, -0.25) is 4.79 Å². The molecular formula is C15H23NO4. The van der Waals surface area contributed by atoms with Crippen LogP contribution in [-0.4, -0.2) is 48.4 Å².